The Balaban J connectivity index is 2.34. The molecular formula is C11H10BrN3O2S. The molecule has 0 saturated heterocycles. The maximum Gasteiger partial charge on any atom is 0.263 e. The van der Waals surface area contributed by atoms with Crippen molar-refractivity contribution in [1.82, 2.24) is 4.98 Å². The summed E-state index contributed by atoms with van der Waals surface area (Å²) in [6.07, 6.45) is 2.80. The monoisotopic (exact) mass is 327 g/mol. The Labute approximate surface area is 113 Å². The molecule has 3 N–H and O–H groups in total. The average Bonchev–Trinajstić information content (AvgIpc) is 2.34. The van der Waals surface area contributed by atoms with Crippen LogP contribution in [-0.2, 0) is 10.0 Å². The predicted octanol–water partition coefficient (Wildman–Crippen LogP) is 2.23. The first-order valence-electron chi connectivity index (χ1n) is 4.97. The zero-order chi connectivity index (χ0) is 13.2. The first-order chi connectivity index (χ1) is 8.49. The van der Waals surface area contributed by atoms with E-state index in [0.29, 0.717) is 15.8 Å². The minimum Gasteiger partial charge on any atom is -0.399 e. The summed E-state index contributed by atoms with van der Waals surface area (Å²) in [5.74, 6) is 0. The lowest BCUT2D eigenvalue weighted by Crippen LogP contribution is -2.13. The van der Waals surface area contributed by atoms with Crippen LogP contribution in [0.15, 0.2) is 52.1 Å². The van der Waals surface area contributed by atoms with E-state index in [0.717, 1.165) is 0 Å². The summed E-state index contributed by atoms with van der Waals surface area (Å²) in [5.41, 5.74) is 6.56. The second-order valence-corrected chi connectivity index (χ2v) is 6.07. The summed E-state index contributed by atoms with van der Waals surface area (Å²) < 4.78 is 27.1. The lowest BCUT2D eigenvalue weighted by Gasteiger charge is -2.09. The molecule has 1 heterocycles. The van der Waals surface area contributed by atoms with E-state index in [-0.39, 0.29) is 4.90 Å². The Morgan fingerprint density at radius 1 is 1.28 bits per heavy atom. The van der Waals surface area contributed by atoms with Crippen molar-refractivity contribution in [3.05, 3.63) is 47.2 Å². The zero-order valence-corrected chi connectivity index (χ0v) is 11.6. The molecular weight excluding hydrogens is 318 g/mol. The van der Waals surface area contributed by atoms with Crippen molar-refractivity contribution in [3.8, 4) is 0 Å². The van der Waals surface area contributed by atoms with Gasteiger partial charge in [-0.1, -0.05) is 0 Å². The molecule has 0 radical (unpaired) electrons. The summed E-state index contributed by atoms with van der Waals surface area (Å²) >= 11 is 3.25. The third-order valence-corrected chi connectivity index (χ3v) is 4.19. The molecule has 18 heavy (non-hydrogen) atoms. The Hall–Kier alpha value is -1.60. The number of hydrogen-bond donors (Lipinski definition) is 2. The van der Waals surface area contributed by atoms with Crippen molar-refractivity contribution < 1.29 is 8.42 Å². The molecule has 2 aromatic rings. The number of pyridine rings is 1. The normalized spacial score (nSPS) is 11.2. The molecule has 0 aliphatic carbocycles. The van der Waals surface area contributed by atoms with Crippen LogP contribution < -0.4 is 10.5 Å². The molecule has 0 saturated carbocycles. The van der Waals surface area contributed by atoms with Gasteiger partial charge in [0.15, 0.2) is 0 Å². The van der Waals surface area contributed by atoms with E-state index in [9.17, 15) is 8.42 Å². The van der Waals surface area contributed by atoms with Gasteiger partial charge in [0.25, 0.3) is 10.0 Å². The molecule has 0 amide bonds. The van der Waals surface area contributed by atoms with Crippen molar-refractivity contribution in [1.29, 1.82) is 0 Å². The molecule has 0 unspecified atom stereocenters. The fraction of sp³-hybridized carbons (Fsp3) is 0. The van der Waals surface area contributed by atoms with Crippen LogP contribution in [0.1, 0.15) is 0 Å². The van der Waals surface area contributed by atoms with Gasteiger partial charge in [0.2, 0.25) is 0 Å². The van der Waals surface area contributed by atoms with E-state index >= 15 is 0 Å². The highest BCUT2D eigenvalue weighted by molar-refractivity contribution is 9.10. The average molecular weight is 328 g/mol. The number of nitrogens with one attached hydrogen (secondary N) is 1. The molecule has 0 bridgehead atoms. The third-order valence-electron chi connectivity index (χ3n) is 2.18. The van der Waals surface area contributed by atoms with E-state index in [1.165, 1.54) is 18.5 Å². The van der Waals surface area contributed by atoms with Crippen LogP contribution in [0.25, 0.3) is 0 Å². The number of rotatable bonds is 3. The molecule has 5 nitrogen and oxygen atoms in total. The summed E-state index contributed by atoms with van der Waals surface area (Å²) in [6, 6.07) is 7.87. The maximum atomic E-state index is 12.0. The molecule has 7 heteroatoms. The Morgan fingerprint density at radius 3 is 2.67 bits per heavy atom. The number of nitrogen functional groups attached to an aromatic ring is 1. The number of nitrogens with zero attached hydrogens (tertiary/aromatic N) is 1. The van der Waals surface area contributed by atoms with E-state index in [2.05, 4.69) is 25.6 Å². The van der Waals surface area contributed by atoms with Gasteiger partial charge < -0.3 is 5.73 Å². The molecule has 0 spiro atoms. The Morgan fingerprint density at radius 2 is 2.06 bits per heavy atom. The predicted molar refractivity (Wildman–Crippen MR) is 73.6 cm³/mol. The number of anilines is 2. The molecule has 0 fully saturated rings. The van der Waals surface area contributed by atoms with Crippen molar-refractivity contribution >= 4 is 37.3 Å². The van der Waals surface area contributed by atoms with Crippen LogP contribution >= 0.6 is 15.9 Å². The van der Waals surface area contributed by atoms with Gasteiger partial charge in [-0.15, -0.1) is 0 Å². The lowest BCUT2D eigenvalue weighted by atomic mass is 10.3. The quantitative estimate of drug-likeness (QED) is 0.846. The van der Waals surface area contributed by atoms with Crippen LogP contribution in [-0.4, -0.2) is 13.4 Å². The fourth-order valence-electron chi connectivity index (χ4n) is 1.32. The number of halogens is 1. The zero-order valence-electron chi connectivity index (χ0n) is 9.17. The molecule has 0 atom stereocenters. The molecule has 0 aliphatic rings. The number of nitrogens with two attached hydrogens (primary N) is 1. The van der Waals surface area contributed by atoms with Gasteiger partial charge in [0.1, 0.15) is 4.90 Å². The second-order valence-electron chi connectivity index (χ2n) is 3.53. The lowest BCUT2D eigenvalue weighted by molar-refractivity contribution is 0.601. The van der Waals surface area contributed by atoms with Crippen LogP contribution in [0.5, 0.6) is 0 Å². The topological polar surface area (TPSA) is 85.1 Å². The van der Waals surface area contributed by atoms with Crippen LogP contribution in [0.3, 0.4) is 0 Å². The van der Waals surface area contributed by atoms with E-state index in [1.807, 2.05) is 0 Å². The fourth-order valence-corrected chi connectivity index (χ4v) is 2.99. The van der Waals surface area contributed by atoms with Gasteiger partial charge >= 0.3 is 0 Å². The van der Waals surface area contributed by atoms with Crippen molar-refractivity contribution in [2.75, 3.05) is 10.5 Å². The summed E-state index contributed by atoms with van der Waals surface area (Å²) in [4.78, 5) is 3.88. The third kappa shape index (κ3) is 2.80. The molecule has 0 aliphatic heterocycles. The minimum atomic E-state index is -3.63. The standard InChI is InChI=1S/C11H10BrN3O2S/c12-10-6-8(13)3-4-11(10)15-18(16,17)9-2-1-5-14-7-9/h1-7,15H,13H2. The largest absolute Gasteiger partial charge is 0.399 e. The molecule has 1 aromatic heterocycles. The smallest absolute Gasteiger partial charge is 0.263 e. The number of sulfonamides is 1. The van der Waals surface area contributed by atoms with Crippen LogP contribution in [0, 0.1) is 0 Å². The highest BCUT2D eigenvalue weighted by Crippen LogP contribution is 2.26. The highest BCUT2D eigenvalue weighted by atomic mass is 79.9. The van der Waals surface area contributed by atoms with Crippen molar-refractivity contribution in [3.63, 3.8) is 0 Å². The minimum absolute atomic E-state index is 0.105. The van der Waals surface area contributed by atoms with Gasteiger partial charge in [-0.25, -0.2) is 8.42 Å². The summed E-state index contributed by atoms with van der Waals surface area (Å²) in [6.45, 7) is 0. The SMILES string of the molecule is Nc1ccc(NS(=O)(=O)c2cccnc2)c(Br)c1. The van der Waals surface area contributed by atoms with Gasteiger partial charge in [-0.05, 0) is 46.3 Å². The van der Waals surface area contributed by atoms with E-state index in [4.69, 9.17) is 5.73 Å². The maximum absolute atomic E-state index is 12.0. The van der Waals surface area contributed by atoms with Crippen LogP contribution in [0.4, 0.5) is 11.4 Å². The van der Waals surface area contributed by atoms with Gasteiger partial charge in [-0.3, -0.25) is 9.71 Å². The van der Waals surface area contributed by atoms with Crippen molar-refractivity contribution in [2.45, 2.75) is 4.90 Å². The van der Waals surface area contributed by atoms with E-state index < -0.39 is 10.0 Å². The first kappa shape index (κ1) is 12.8. The number of benzene rings is 1. The Kier molecular flexibility index (Phi) is 3.53. The number of hydrogen-bond acceptors (Lipinski definition) is 4. The van der Waals surface area contributed by atoms with Crippen LogP contribution in [0.2, 0.25) is 0 Å². The highest BCUT2D eigenvalue weighted by Gasteiger charge is 2.15. The second kappa shape index (κ2) is 4.95. The summed E-state index contributed by atoms with van der Waals surface area (Å²) in [7, 11) is -3.63. The molecule has 1 aromatic carbocycles. The number of aromatic nitrogens is 1. The van der Waals surface area contributed by atoms with Gasteiger partial charge in [0, 0.05) is 22.6 Å². The van der Waals surface area contributed by atoms with E-state index in [1.54, 1.807) is 24.3 Å². The molecule has 94 valence electrons. The molecule has 2 rings (SSSR count). The first-order valence-corrected chi connectivity index (χ1v) is 7.24. The Bertz CT molecular complexity index is 659. The van der Waals surface area contributed by atoms with Crippen molar-refractivity contribution in [2.24, 2.45) is 0 Å². The van der Waals surface area contributed by atoms with Gasteiger partial charge in [0.05, 0.1) is 5.69 Å². The van der Waals surface area contributed by atoms with Gasteiger partial charge in [-0.2, -0.15) is 0 Å². The summed E-state index contributed by atoms with van der Waals surface area (Å²) in [5, 5.41) is 0.